The molecular weight excluding hydrogens is 1800 g/mol. The van der Waals surface area contributed by atoms with E-state index in [0.717, 1.165) is 200 Å². The van der Waals surface area contributed by atoms with E-state index < -0.39 is 0 Å². The first-order valence-electron chi connectivity index (χ1n) is 49.1. The van der Waals surface area contributed by atoms with E-state index in [1.807, 2.05) is 194 Å². The molecule has 0 bridgehead atoms. The minimum absolute atomic E-state index is 0.611. The van der Waals surface area contributed by atoms with Crippen LogP contribution in [-0.2, 0) is 0 Å². The molecule has 12 nitrogen and oxygen atoms in total. The standard InChI is InChI=1S/3C45H29N3O/c1-4-13-30(14-5-1)31-23-25-33(26-24-31)41-29-40(32-15-6-2-7-16-32)46-44(47-41)39-28-27-37(35-19-10-11-20-36(35)39)38-21-12-22-42-43(38)48-45(49-42)34-17-8-3-9-18-34;1-4-13-30(14-5-1)31-23-25-33(26-24-31)42-29-41(32-15-6-2-7-16-32)46-44(47-42)39-28-27-37(35-19-10-11-20-36(35)39)38-21-12-22-40-43(38)49-45(48-40)34-17-8-3-9-18-34;1-4-10-30(11-5-1)31-16-18-33(19-17-31)41-29-40(32-12-6-2-7-13-32)46-44(47-41)39-23-22-35-26-36(20-21-37(35)27-39)38-24-25-43-42(28-38)48-45(49-43)34-14-8-3-9-15-34/h3*1-29H. The Morgan fingerprint density at radius 1 is 0.136 bits per heavy atom. The first-order valence-corrected chi connectivity index (χ1v) is 49.1. The summed E-state index contributed by atoms with van der Waals surface area (Å²) in [7, 11) is 0. The highest BCUT2D eigenvalue weighted by Crippen LogP contribution is 2.45. The third-order valence-corrected chi connectivity index (χ3v) is 26.9. The third kappa shape index (κ3) is 18.4. The summed E-state index contributed by atoms with van der Waals surface area (Å²) in [6, 6.07) is 181. The number of nitrogens with zero attached hydrogens (tertiary/aromatic N) is 9. The summed E-state index contributed by atoms with van der Waals surface area (Å²) in [5.41, 5.74) is 35.5. The van der Waals surface area contributed by atoms with E-state index in [4.69, 9.17) is 58.1 Å². The number of rotatable bonds is 18. The van der Waals surface area contributed by atoms with Gasteiger partial charge < -0.3 is 13.3 Å². The fraction of sp³-hybridized carbons (Fsp3) is 0. The topological polar surface area (TPSA) is 155 Å². The van der Waals surface area contributed by atoms with Gasteiger partial charge in [0.25, 0.3) is 0 Å². The normalized spacial score (nSPS) is 11.3. The molecule has 0 amide bonds. The molecule has 0 unspecified atom stereocenters. The maximum Gasteiger partial charge on any atom is 0.227 e. The Morgan fingerprint density at radius 2 is 0.415 bits per heavy atom. The Balaban J connectivity index is 0.000000115. The number of fused-ring (bicyclic) bond motifs is 6. The van der Waals surface area contributed by atoms with Crippen LogP contribution in [0.1, 0.15) is 0 Å². The molecule has 0 atom stereocenters. The fourth-order valence-electron chi connectivity index (χ4n) is 19.4. The average molecular weight is 1880 g/mol. The van der Waals surface area contributed by atoms with Crippen LogP contribution >= 0.6 is 0 Å². The van der Waals surface area contributed by atoms with Crippen molar-refractivity contribution in [2.75, 3.05) is 0 Å². The van der Waals surface area contributed by atoms with Gasteiger partial charge in [-0.25, -0.2) is 44.9 Å². The second-order valence-electron chi connectivity index (χ2n) is 36.1. The summed E-state index contributed by atoms with van der Waals surface area (Å²) >= 11 is 0. The zero-order chi connectivity index (χ0) is 97.7. The van der Waals surface area contributed by atoms with Gasteiger partial charge in [0.2, 0.25) is 17.7 Å². The number of aromatic nitrogens is 9. The molecule has 6 heterocycles. The Labute approximate surface area is 848 Å². The van der Waals surface area contributed by atoms with E-state index in [-0.39, 0.29) is 0 Å². The Hall–Kier alpha value is -20.0. The molecule has 0 radical (unpaired) electrons. The van der Waals surface area contributed by atoms with Crippen molar-refractivity contribution in [1.82, 2.24) is 44.9 Å². The number of hydrogen-bond acceptors (Lipinski definition) is 12. The highest BCUT2D eigenvalue weighted by molar-refractivity contribution is 6.10. The zero-order valence-corrected chi connectivity index (χ0v) is 79.5. The van der Waals surface area contributed by atoms with Crippen LogP contribution < -0.4 is 0 Å². The van der Waals surface area contributed by atoms with Crippen molar-refractivity contribution in [2.45, 2.75) is 0 Å². The van der Waals surface area contributed by atoms with Gasteiger partial charge in [0.05, 0.1) is 34.2 Å². The van der Waals surface area contributed by atoms with Crippen molar-refractivity contribution < 1.29 is 13.3 Å². The lowest BCUT2D eigenvalue weighted by Gasteiger charge is -2.14. The quantitative estimate of drug-likeness (QED) is 0.0803. The van der Waals surface area contributed by atoms with Crippen molar-refractivity contribution in [3.63, 3.8) is 0 Å². The molecule has 0 saturated carbocycles. The second kappa shape index (κ2) is 39.6. The van der Waals surface area contributed by atoms with Crippen LogP contribution in [0.4, 0.5) is 0 Å². The van der Waals surface area contributed by atoms with Crippen LogP contribution in [0.3, 0.4) is 0 Å². The van der Waals surface area contributed by atoms with Crippen LogP contribution in [-0.4, -0.2) is 44.9 Å². The van der Waals surface area contributed by atoms with Gasteiger partial charge in [0, 0.05) is 77.9 Å². The van der Waals surface area contributed by atoms with Crippen LogP contribution in [0.2, 0.25) is 0 Å². The largest absolute Gasteiger partial charge is 0.436 e. The summed E-state index contributed by atoms with van der Waals surface area (Å²) in [6.07, 6.45) is 0. The fourth-order valence-corrected chi connectivity index (χ4v) is 19.4. The van der Waals surface area contributed by atoms with Gasteiger partial charge in [0.15, 0.2) is 34.2 Å². The molecule has 0 aliphatic rings. The van der Waals surface area contributed by atoms with Gasteiger partial charge in [0.1, 0.15) is 16.6 Å². The van der Waals surface area contributed by atoms with Crippen LogP contribution in [0.5, 0.6) is 0 Å². The molecule has 0 N–H and O–H groups in total. The summed E-state index contributed by atoms with van der Waals surface area (Å²) in [6.45, 7) is 0. The lowest BCUT2D eigenvalue weighted by atomic mass is 9.94. The van der Waals surface area contributed by atoms with Gasteiger partial charge in [-0.05, 0) is 191 Å². The summed E-state index contributed by atoms with van der Waals surface area (Å²) in [4.78, 5) is 45.5. The highest BCUT2D eigenvalue weighted by atomic mass is 16.4. The molecule has 690 valence electrons. The summed E-state index contributed by atoms with van der Waals surface area (Å²) in [5, 5.41) is 6.58. The van der Waals surface area contributed by atoms with Crippen LogP contribution in [0.15, 0.2) is 541 Å². The monoisotopic (exact) mass is 1880 g/mol. The summed E-state index contributed by atoms with van der Waals surface area (Å²) in [5.74, 6) is 3.90. The summed E-state index contributed by atoms with van der Waals surface area (Å²) < 4.78 is 18.7. The van der Waals surface area contributed by atoms with Gasteiger partial charge >= 0.3 is 0 Å². The molecule has 21 aromatic carbocycles. The van der Waals surface area contributed by atoms with Crippen molar-refractivity contribution in [2.24, 2.45) is 0 Å². The SMILES string of the molecule is c1ccc(-c2ccc(-c3cc(-c4ccccc4)nc(-c4ccc(-c5cccc6nc(-c7ccccc7)oc56)c5ccccc45)n3)cc2)cc1.c1ccc(-c2ccc(-c3cc(-c4ccccc4)nc(-c4ccc(-c5cccc6oc(-c7ccccc7)nc56)c5ccccc45)n3)cc2)cc1.c1ccc(-c2ccc(-c3cc(-c4ccccc4)nc(-c4ccc5cc(-c6ccc7oc(-c8ccccc8)nc7c6)ccc5c4)n3)cc2)cc1. The molecule has 6 aromatic heterocycles. The number of benzene rings is 21. The number of oxazole rings is 3. The van der Waals surface area contributed by atoms with E-state index in [1.54, 1.807) is 0 Å². The number of hydrogen-bond donors (Lipinski definition) is 0. The maximum atomic E-state index is 6.43. The molecule has 0 aliphatic heterocycles. The highest BCUT2D eigenvalue weighted by Gasteiger charge is 2.24. The smallest absolute Gasteiger partial charge is 0.227 e. The van der Waals surface area contributed by atoms with Crippen LogP contribution in [0, 0.1) is 0 Å². The molecule has 0 spiro atoms. The molecular formula is C135H87N9O3. The average Bonchev–Trinajstić information content (AvgIpc) is 1.69. The van der Waals surface area contributed by atoms with E-state index in [9.17, 15) is 0 Å². The zero-order valence-electron chi connectivity index (χ0n) is 79.5. The Morgan fingerprint density at radius 3 is 0.837 bits per heavy atom. The van der Waals surface area contributed by atoms with Gasteiger partial charge in [-0.2, -0.15) is 0 Å². The second-order valence-corrected chi connectivity index (χ2v) is 36.1. The minimum atomic E-state index is 0.611. The lowest BCUT2D eigenvalue weighted by Crippen LogP contribution is -1.97. The van der Waals surface area contributed by atoms with E-state index in [2.05, 4.69) is 334 Å². The molecule has 0 aliphatic carbocycles. The molecule has 12 heteroatoms. The molecule has 0 saturated heterocycles. The Bertz CT molecular complexity index is 9110. The van der Waals surface area contributed by atoms with E-state index in [1.165, 1.54) is 33.4 Å². The van der Waals surface area contributed by atoms with Gasteiger partial charge in [-0.1, -0.05) is 425 Å². The molecule has 0 fully saturated rings. The minimum Gasteiger partial charge on any atom is -0.436 e. The van der Waals surface area contributed by atoms with Crippen molar-refractivity contribution in [1.29, 1.82) is 0 Å². The van der Waals surface area contributed by atoms with Gasteiger partial charge in [-0.15, -0.1) is 0 Å². The van der Waals surface area contributed by atoms with E-state index >= 15 is 0 Å². The third-order valence-electron chi connectivity index (χ3n) is 26.9. The predicted octanol–water partition coefficient (Wildman–Crippen LogP) is 35.3. The predicted molar refractivity (Wildman–Crippen MR) is 599 cm³/mol. The number of para-hydroxylation sites is 2. The molecule has 27 aromatic rings. The van der Waals surface area contributed by atoms with Crippen molar-refractivity contribution in [3.05, 3.63) is 528 Å². The van der Waals surface area contributed by atoms with E-state index in [0.29, 0.717) is 35.1 Å². The first kappa shape index (κ1) is 88.5. The van der Waals surface area contributed by atoms with Crippen molar-refractivity contribution in [3.8, 4) is 203 Å². The molecule has 147 heavy (non-hydrogen) atoms. The van der Waals surface area contributed by atoms with Gasteiger partial charge in [-0.3, -0.25) is 0 Å². The first-order chi connectivity index (χ1) is 72.8. The maximum absolute atomic E-state index is 6.43. The van der Waals surface area contributed by atoms with Crippen LogP contribution in [0.25, 0.3) is 268 Å². The van der Waals surface area contributed by atoms with Crippen molar-refractivity contribution >= 4 is 65.6 Å². The lowest BCUT2D eigenvalue weighted by molar-refractivity contribution is 0.619. The molecule has 27 rings (SSSR count). The Kier molecular flexibility index (Phi) is 23.8.